The molecule has 0 aromatic heterocycles. The molecule has 0 bridgehead atoms. The molecule has 7 heteroatoms. The number of aromatic carboxylic acids is 1. The van der Waals surface area contributed by atoms with Gasteiger partial charge in [0.15, 0.2) is 0 Å². The van der Waals surface area contributed by atoms with Crippen LogP contribution in [-0.4, -0.2) is 35.6 Å². The van der Waals surface area contributed by atoms with Gasteiger partial charge in [0.1, 0.15) is 0 Å². The zero-order valence-corrected chi connectivity index (χ0v) is 14.0. The van der Waals surface area contributed by atoms with Gasteiger partial charge in [-0.25, -0.2) is 10.2 Å². The first-order valence-corrected chi connectivity index (χ1v) is 8.05. The number of carboxylic acids is 1. The van der Waals surface area contributed by atoms with Crippen LogP contribution in [0.3, 0.4) is 0 Å². The molecule has 0 unspecified atom stereocenters. The summed E-state index contributed by atoms with van der Waals surface area (Å²) in [6, 6.07) is 15.2. The van der Waals surface area contributed by atoms with E-state index in [1.807, 2.05) is 6.07 Å². The van der Waals surface area contributed by atoms with E-state index < -0.39 is 5.97 Å². The summed E-state index contributed by atoms with van der Waals surface area (Å²) in [5, 5.41) is 15.6. The van der Waals surface area contributed by atoms with Gasteiger partial charge in [0, 0.05) is 24.1 Å². The van der Waals surface area contributed by atoms with Crippen molar-refractivity contribution in [2.45, 2.75) is 12.8 Å². The van der Waals surface area contributed by atoms with Gasteiger partial charge in [-0.15, -0.1) is 0 Å². The summed E-state index contributed by atoms with van der Waals surface area (Å²) in [4.78, 5) is 34.6. The minimum atomic E-state index is -1.06. The molecule has 3 N–H and O–H groups in total. The number of carboxylic acid groups (broad SMARTS) is 1. The molecule has 0 aliphatic heterocycles. The predicted molar refractivity (Wildman–Crippen MR) is 97.1 cm³/mol. The van der Waals surface area contributed by atoms with E-state index >= 15 is 0 Å². The van der Waals surface area contributed by atoms with Crippen molar-refractivity contribution >= 4 is 24.0 Å². The monoisotopic (exact) mass is 353 g/mol. The molecule has 0 aliphatic rings. The van der Waals surface area contributed by atoms with Gasteiger partial charge in [-0.2, -0.15) is 5.10 Å². The topological polar surface area (TPSA) is 108 Å². The summed E-state index contributed by atoms with van der Waals surface area (Å²) in [5.74, 6) is -1.56. The largest absolute Gasteiger partial charge is 0.478 e. The Bertz CT molecular complexity index is 803. The van der Waals surface area contributed by atoms with Crippen molar-refractivity contribution in [1.82, 2.24) is 10.7 Å². The number of amides is 2. The highest BCUT2D eigenvalue weighted by Gasteiger charge is 2.07. The fraction of sp³-hybridized carbons (Fsp3) is 0.158. The molecule has 0 saturated carbocycles. The lowest BCUT2D eigenvalue weighted by Gasteiger charge is -2.05. The molecule has 0 fully saturated rings. The van der Waals surface area contributed by atoms with Gasteiger partial charge in [-0.3, -0.25) is 9.59 Å². The fourth-order valence-electron chi connectivity index (χ4n) is 2.18. The molecule has 134 valence electrons. The minimum Gasteiger partial charge on any atom is -0.478 e. The third kappa shape index (κ3) is 5.86. The van der Waals surface area contributed by atoms with Crippen LogP contribution in [0, 0.1) is 0 Å². The van der Waals surface area contributed by atoms with Crippen LogP contribution in [0.15, 0.2) is 59.7 Å². The first-order chi connectivity index (χ1) is 12.6. The van der Waals surface area contributed by atoms with E-state index in [0.29, 0.717) is 24.1 Å². The van der Waals surface area contributed by atoms with E-state index in [1.54, 1.807) is 42.5 Å². The van der Waals surface area contributed by atoms with Crippen molar-refractivity contribution in [2.24, 2.45) is 5.10 Å². The number of rotatable bonds is 8. The van der Waals surface area contributed by atoms with Crippen LogP contribution >= 0.6 is 0 Å². The molecule has 0 heterocycles. The van der Waals surface area contributed by atoms with Crippen LogP contribution in [-0.2, 0) is 4.79 Å². The number of hydrogen-bond donors (Lipinski definition) is 3. The van der Waals surface area contributed by atoms with Crippen molar-refractivity contribution in [2.75, 3.05) is 6.54 Å². The van der Waals surface area contributed by atoms with Gasteiger partial charge >= 0.3 is 5.97 Å². The van der Waals surface area contributed by atoms with Crippen molar-refractivity contribution in [3.8, 4) is 0 Å². The molecule has 0 atom stereocenters. The molecule has 0 aliphatic carbocycles. The second-order valence-electron chi connectivity index (χ2n) is 5.41. The van der Waals surface area contributed by atoms with E-state index in [2.05, 4.69) is 15.8 Å². The highest BCUT2D eigenvalue weighted by molar-refractivity contribution is 5.98. The molecule has 0 radical (unpaired) electrons. The SMILES string of the molecule is O=C(CCCNC(=O)c1ccccc1)N/N=C\c1ccccc1C(=O)O. The molecule has 0 saturated heterocycles. The predicted octanol–water partition coefficient (Wildman–Crippen LogP) is 2.05. The average molecular weight is 353 g/mol. The van der Waals surface area contributed by atoms with Gasteiger partial charge in [0.05, 0.1) is 11.8 Å². The van der Waals surface area contributed by atoms with E-state index in [-0.39, 0.29) is 23.8 Å². The third-order valence-electron chi connectivity index (χ3n) is 3.49. The summed E-state index contributed by atoms with van der Waals surface area (Å²) in [6.07, 6.45) is 1.94. The van der Waals surface area contributed by atoms with Gasteiger partial charge in [-0.05, 0) is 24.6 Å². The number of nitrogens with zero attached hydrogens (tertiary/aromatic N) is 1. The van der Waals surface area contributed by atoms with E-state index in [0.717, 1.165) is 0 Å². The Kier molecular flexibility index (Phi) is 7.05. The Labute approximate surface area is 150 Å². The number of carbonyl (C=O) groups excluding carboxylic acids is 2. The van der Waals surface area contributed by atoms with Crippen LogP contribution in [0.25, 0.3) is 0 Å². The Morgan fingerprint density at radius 3 is 2.42 bits per heavy atom. The summed E-state index contributed by atoms with van der Waals surface area (Å²) in [7, 11) is 0. The first-order valence-electron chi connectivity index (χ1n) is 8.05. The lowest BCUT2D eigenvalue weighted by Crippen LogP contribution is -2.26. The lowest BCUT2D eigenvalue weighted by molar-refractivity contribution is -0.121. The second-order valence-corrected chi connectivity index (χ2v) is 5.41. The van der Waals surface area contributed by atoms with Gasteiger partial charge in [0.2, 0.25) is 5.91 Å². The smallest absolute Gasteiger partial charge is 0.336 e. The Balaban J connectivity index is 1.71. The molecule has 7 nitrogen and oxygen atoms in total. The first kappa shape index (κ1) is 18.9. The van der Waals surface area contributed by atoms with Crippen molar-refractivity contribution in [3.05, 3.63) is 71.3 Å². The summed E-state index contributed by atoms with van der Waals surface area (Å²) in [6.45, 7) is 0.368. The Morgan fingerprint density at radius 1 is 1.00 bits per heavy atom. The van der Waals surface area contributed by atoms with E-state index in [1.165, 1.54) is 12.3 Å². The number of benzene rings is 2. The Morgan fingerprint density at radius 2 is 1.69 bits per heavy atom. The number of hydrogen-bond acceptors (Lipinski definition) is 4. The molecule has 2 rings (SSSR count). The maximum Gasteiger partial charge on any atom is 0.336 e. The molecule has 0 spiro atoms. The normalized spacial score (nSPS) is 10.5. The maximum absolute atomic E-state index is 11.8. The molecule has 26 heavy (non-hydrogen) atoms. The second kappa shape index (κ2) is 9.73. The summed E-state index contributed by atoms with van der Waals surface area (Å²) >= 11 is 0. The molecular weight excluding hydrogens is 334 g/mol. The number of carbonyl (C=O) groups is 3. The highest BCUT2D eigenvalue weighted by Crippen LogP contribution is 2.05. The standard InChI is InChI=1S/C19H19N3O4/c23-17(11-6-12-20-18(24)14-7-2-1-3-8-14)22-21-13-15-9-4-5-10-16(15)19(25)26/h1-5,7-10,13H,6,11-12H2,(H,20,24)(H,22,23)(H,25,26)/b21-13-. The van der Waals surface area contributed by atoms with Crippen molar-refractivity contribution in [3.63, 3.8) is 0 Å². The highest BCUT2D eigenvalue weighted by atomic mass is 16.4. The number of hydrazone groups is 1. The average Bonchev–Trinajstić information content (AvgIpc) is 2.66. The minimum absolute atomic E-state index is 0.106. The zero-order valence-electron chi connectivity index (χ0n) is 14.0. The van der Waals surface area contributed by atoms with Crippen LogP contribution in [0.5, 0.6) is 0 Å². The summed E-state index contributed by atoms with van der Waals surface area (Å²) in [5.41, 5.74) is 3.41. The van der Waals surface area contributed by atoms with Gasteiger partial charge in [-0.1, -0.05) is 36.4 Å². The molecule has 2 amide bonds. The maximum atomic E-state index is 11.8. The lowest BCUT2D eigenvalue weighted by atomic mass is 10.1. The van der Waals surface area contributed by atoms with Crippen LogP contribution in [0.4, 0.5) is 0 Å². The van der Waals surface area contributed by atoms with Crippen molar-refractivity contribution < 1.29 is 19.5 Å². The van der Waals surface area contributed by atoms with Gasteiger partial charge < -0.3 is 10.4 Å². The molecular formula is C19H19N3O4. The van der Waals surface area contributed by atoms with E-state index in [9.17, 15) is 14.4 Å². The van der Waals surface area contributed by atoms with Crippen LogP contribution in [0.2, 0.25) is 0 Å². The van der Waals surface area contributed by atoms with Gasteiger partial charge in [0.25, 0.3) is 5.91 Å². The van der Waals surface area contributed by atoms with Crippen molar-refractivity contribution in [1.29, 1.82) is 0 Å². The molecule has 2 aromatic carbocycles. The quantitative estimate of drug-likeness (QED) is 0.383. The Hall–Kier alpha value is -3.48. The van der Waals surface area contributed by atoms with Crippen LogP contribution in [0.1, 0.15) is 39.1 Å². The molecule has 2 aromatic rings. The zero-order chi connectivity index (χ0) is 18.8. The van der Waals surface area contributed by atoms with Crippen LogP contribution < -0.4 is 10.7 Å². The third-order valence-corrected chi connectivity index (χ3v) is 3.49. The fourth-order valence-corrected chi connectivity index (χ4v) is 2.18. The summed E-state index contributed by atoms with van der Waals surface area (Å²) < 4.78 is 0. The number of nitrogens with one attached hydrogen (secondary N) is 2. The van der Waals surface area contributed by atoms with E-state index in [4.69, 9.17) is 5.11 Å².